The van der Waals surface area contributed by atoms with Crippen molar-refractivity contribution in [3.8, 4) is 12.1 Å². The number of rotatable bonds is 7. The second-order valence-electron chi connectivity index (χ2n) is 2.71. The number of sulfonamides is 1. The van der Waals surface area contributed by atoms with Crippen LogP contribution in [-0.2, 0) is 14.8 Å². The Hall–Kier alpha value is -1.15. The first-order valence-electron chi connectivity index (χ1n) is 4.29. The van der Waals surface area contributed by atoms with Gasteiger partial charge in [-0.05, 0) is 0 Å². The molecule has 0 aliphatic heterocycles. The lowest BCUT2D eigenvalue weighted by atomic mass is 10.4. The number of hydrogen-bond acceptors (Lipinski definition) is 5. The summed E-state index contributed by atoms with van der Waals surface area (Å²) in [4.78, 5) is 0. The highest BCUT2D eigenvalue weighted by atomic mass is 32.2. The monoisotopic (exact) mass is 231 g/mol. The van der Waals surface area contributed by atoms with Gasteiger partial charge in [0.1, 0.15) is 0 Å². The number of methoxy groups -OCH3 is 1. The summed E-state index contributed by atoms with van der Waals surface area (Å²) >= 11 is 0. The van der Waals surface area contributed by atoms with Gasteiger partial charge in [0.15, 0.2) is 5.75 Å². The molecule has 0 aromatic carbocycles. The molecule has 0 radical (unpaired) electrons. The molecule has 0 bridgehead atoms. The molecular weight excluding hydrogens is 218 g/mol. The van der Waals surface area contributed by atoms with Crippen molar-refractivity contribution in [1.82, 2.24) is 4.31 Å². The molecule has 0 aromatic rings. The maximum atomic E-state index is 11.5. The van der Waals surface area contributed by atoms with E-state index >= 15 is 0 Å². The minimum Gasteiger partial charge on any atom is -0.383 e. The summed E-state index contributed by atoms with van der Waals surface area (Å²) in [6.07, 6.45) is 0.106. The molecule has 0 fully saturated rings. The van der Waals surface area contributed by atoms with Gasteiger partial charge in [-0.15, -0.1) is 0 Å². The van der Waals surface area contributed by atoms with E-state index < -0.39 is 15.8 Å². The minimum atomic E-state index is -3.58. The highest BCUT2D eigenvalue weighted by Gasteiger charge is 2.20. The van der Waals surface area contributed by atoms with Crippen molar-refractivity contribution in [3.05, 3.63) is 0 Å². The summed E-state index contributed by atoms with van der Waals surface area (Å²) in [6, 6.07) is 3.45. The van der Waals surface area contributed by atoms with Crippen molar-refractivity contribution in [2.45, 2.75) is 6.42 Å². The summed E-state index contributed by atoms with van der Waals surface area (Å²) in [5, 5.41) is 16.7. The Morgan fingerprint density at radius 2 is 1.93 bits per heavy atom. The van der Waals surface area contributed by atoms with Crippen LogP contribution in [0.15, 0.2) is 0 Å². The summed E-state index contributed by atoms with van der Waals surface area (Å²) in [6.45, 7) is 0.516. The van der Waals surface area contributed by atoms with Gasteiger partial charge in [0.2, 0.25) is 10.0 Å². The van der Waals surface area contributed by atoms with E-state index in [9.17, 15) is 8.42 Å². The summed E-state index contributed by atoms with van der Waals surface area (Å²) in [7, 11) is -2.12. The van der Waals surface area contributed by atoms with Crippen LogP contribution >= 0.6 is 0 Å². The molecule has 0 aromatic heterocycles. The van der Waals surface area contributed by atoms with Crippen molar-refractivity contribution in [2.75, 3.05) is 32.6 Å². The van der Waals surface area contributed by atoms with Gasteiger partial charge in [0, 0.05) is 26.6 Å². The molecule has 6 nitrogen and oxygen atoms in total. The van der Waals surface area contributed by atoms with Gasteiger partial charge in [-0.25, -0.2) is 8.42 Å². The quantitative estimate of drug-likeness (QED) is 0.599. The Kier molecular flexibility index (Phi) is 6.63. The first-order chi connectivity index (χ1) is 7.08. The van der Waals surface area contributed by atoms with Crippen molar-refractivity contribution in [3.63, 3.8) is 0 Å². The van der Waals surface area contributed by atoms with Crippen LogP contribution in [0.4, 0.5) is 0 Å². The van der Waals surface area contributed by atoms with Crippen LogP contribution in [-0.4, -0.2) is 45.3 Å². The molecule has 0 atom stereocenters. The van der Waals surface area contributed by atoms with Crippen LogP contribution in [0.3, 0.4) is 0 Å². The second kappa shape index (κ2) is 7.18. The predicted molar refractivity (Wildman–Crippen MR) is 53.1 cm³/mol. The SMILES string of the molecule is COCCN(CCC#N)S(=O)(=O)CC#N. The van der Waals surface area contributed by atoms with Gasteiger partial charge in [0.25, 0.3) is 0 Å². The average Bonchev–Trinajstić information content (AvgIpc) is 2.17. The van der Waals surface area contributed by atoms with Crippen LogP contribution in [0, 0.1) is 22.7 Å². The average molecular weight is 231 g/mol. The fourth-order valence-corrected chi connectivity index (χ4v) is 2.00. The molecule has 0 aliphatic rings. The number of nitriles is 2. The zero-order valence-electron chi connectivity index (χ0n) is 8.51. The molecule has 0 rings (SSSR count). The fraction of sp³-hybridized carbons (Fsp3) is 0.750. The predicted octanol–water partition coefficient (Wildman–Crippen LogP) is -0.298. The topological polar surface area (TPSA) is 94.2 Å². The second-order valence-corrected chi connectivity index (χ2v) is 4.68. The Balaban J connectivity index is 4.48. The third-order valence-electron chi connectivity index (χ3n) is 1.66. The lowest BCUT2D eigenvalue weighted by Crippen LogP contribution is -2.36. The van der Waals surface area contributed by atoms with Crippen molar-refractivity contribution in [1.29, 1.82) is 10.5 Å². The zero-order valence-corrected chi connectivity index (χ0v) is 9.33. The Morgan fingerprint density at radius 3 is 2.40 bits per heavy atom. The molecular formula is C8H13N3O3S. The van der Waals surface area contributed by atoms with Crippen LogP contribution in [0.25, 0.3) is 0 Å². The molecule has 0 saturated carbocycles. The molecule has 0 aliphatic carbocycles. The van der Waals surface area contributed by atoms with Gasteiger partial charge < -0.3 is 4.74 Å². The molecule has 0 unspecified atom stereocenters. The zero-order chi connectivity index (χ0) is 11.7. The normalized spacial score (nSPS) is 10.9. The summed E-state index contributed by atoms with van der Waals surface area (Å²) < 4.78 is 28.8. The van der Waals surface area contributed by atoms with Gasteiger partial charge in [-0.3, -0.25) is 0 Å². The summed E-state index contributed by atoms with van der Waals surface area (Å²) in [5.41, 5.74) is 0. The van der Waals surface area contributed by atoms with Gasteiger partial charge >= 0.3 is 0 Å². The van der Waals surface area contributed by atoms with E-state index in [0.717, 1.165) is 4.31 Å². The lowest BCUT2D eigenvalue weighted by molar-refractivity contribution is 0.179. The Labute approximate surface area is 89.7 Å². The van der Waals surface area contributed by atoms with E-state index in [4.69, 9.17) is 15.3 Å². The maximum absolute atomic E-state index is 11.5. The van der Waals surface area contributed by atoms with Crippen LogP contribution in [0.2, 0.25) is 0 Å². The fourth-order valence-electron chi connectivity index (χ4n) is 0.931. The first-order valence-corrected chi connectivity index (χ1v) is 5.90. The molecule has 0 spiro atoms. The largest absolute Gasteiger partial charge is 0.383 e. The smallest absolute Gasteiger partial charge is 0.227 e. The highest BCUT2D eigenvalue weighted by Crippen LogP contribution is 2.02. The lowest BCUT2D eigenvalue weighted by Gasteiger charge is -2.18. The van der Waals surface area contributed by atoms with E-state index in [-0.39, 0.29) is 26.1 Å². The van der Waals surface area contributed by atoms with E-state index in [0.29, 0.717) is 0 Å². The third-order valence-corrected chi connectivity index (χ3v) is 3.30. The van der Waals surface area contributed by atoms with Crippen LogP contribution in [0.5, 0.6) is 0 Å². The van der Waals surface area contributed by atoms with Crippen molar-refractivity contribution in [2.24, 2.45) is 0 Å². The van der Waals surface area contributed by atoms with Crippen LogP contribution < -0.4 is 0 Å². The number of hydrogen-bond donors (Lipinski definition) is 0. The standard InChI is InChI=1S/C8H13N3O3S/c1-14-7-6-11(5-2-3-9)15(12,13)8-4-10/h2,5-8H2,1H3. The first kappa shape index (κ1) is 13.8. The van der Waals surface area contributed by atoms with Crippen molar-refractivity contribution >= 4 is 10.0 Å². The molecule has 0 amide bonds. The molecule has 0 N–H and O–H groups in total. The van der Waals surface area contributed by atoms with Crippen LogP contribution in [0.1, 0.15) is 6.42 Å². The minimum absolute atomic E-state index is 0.101. The van der Waals surface area contributed by atoms with E-state index in [2.05, 4.69) is 0 Å². The molecule has 7 heteroatoms. The molecule has 15 heavy (non-hydrogen) atoms. The van der Waals surface area contributed by atoms with Gasteiger partial charge in [-0.1, -0.05) is 0 Å². The number of ether oxygens (including phenoxy) is 1. The van der Waals surface area contributed by atoms with E-state index in [1.807, 2.05) is 6.07 Å². The molecule has 0 heterocycles. The molecule has 0 saturated heterocycles. The summed E-state index contributed by atoms with van der Waals surface area (Å²) in [5.74, 6) is -0.567. The maximum Gasteiger partial charge on any atom is 0.227 e. The third kappa shape index (κ3) is 5.33. The van der Waals surface area contributed by atoms with E-state index in [1.165, 1.54) is 7.11 Å². The Bertz CT molecular complexity index is 352. The highest BCUT2D eigenvalue weighted by molar-refractivity contribution is 7.89. The van der Waals surface area contributed by atoms with Gasteiger partial charge in [-0.2, -0.15) is 14.8 Å². The Morgan fingerprint density at radius 1 is 1.27 bits per heavy atom. The van der Waals surface area contributed by atoms with Crippen molar-refractivity contribution < 1.29 is 13.2 Å². The van der Waals surface area contributed by atoms with E-state index in [1.54, 1.807) is 6.07 Å². The number of nitrogens with zero attached hydrogens (tertiary/aromatic N) is 3. The molecule has 84 valence electrons. The van der Waals surface area contributed by atoms with Gasteiger partial charge in [0.05, 0.1) is 18.7 Å².